The van der Waals surface area contributed by atoms with Gasteiger partial charge in [-0.15, -0.1) is 0 Å². The molecular weight excluding hydrogens is 144 g/mol. The Kier molecular flexibility index (Phi) is 1.18. The van der Waals surface area contributed by atoms with Crippen molar-refractivity contribution in [3.05, 3.63) is 23.3 Å². The van der Waals surface area contributed by atoms with Gasteiger partial charge in [-0.05, 0) is 50.4 Å². The van der Waals surface area contributed by atoms with Crippen LogP contribution in [0.2, 0.25) is 0 Å². The zero-order valence-corrected chi connectivity index (χ0v) is 7.88. The molecule has 0 nitrogen and oxygen atoms in total. The number of rotatable bonds is 0. The fraction of sp³-hybridized carbons (Fsp3) is 0.667. The summed E-state index contributed by atoms with van der Waals surface area (Å²) in [6.45, 7) is 4.66. The van der Waals surface area contributed by atoms with Gasteiger partial charge in [0.15, 0.2) is 0 Å². The Morgan fingerprint density at radius 3 is 2.92 bits per heavy atom. The van der Waals surface area contributed by atoms with Crippen molar-refractivity contribution >= 4 is 0 Å². The Labute approximate surface area is 74.4 Å². The van der Waals surface area contributed by atoms with Gasteiger partial charge in [0.25, 0.3) is 0 Å². The zero-order chi connectivity index (χ0) is 8.29. The Hall–Kier alpha value is -0.520. The first-order valence-corrected chi connectivity index (χ1v) is 5.12. The van der Waals surface area contributed by atoms with Crippen LogP contribution in [0, 0.1) is 23.7 Å². The monoisotopic (exact) mass is 160 g/mol. The van der Waals surface area contributed by atoms with Crippen molar-refractivity contribution in [2.24, 2.45) is 23.7 Å². The summed E-state index contributed by atoms with van der Waals surface area (Å²) < 4.78 is 0. The van der Waals surface area contributed by atoms with E-state index in [2.05, 4.69) is 26.0 Å². The molecule has 12 heavy (non-hydrogen) atoms. The Morgan fingerprint density at radius 1 is 1.25 bits per heavy atom. The lowest BCUT2D eigenvalue weighted by molar-refractivity contribution is 0.376. The summed E-state index contributed by atoms with van der Waals surface area (Å²) in [4.78, 5) is 0. The van der Waals surface area contributed by atoms with Crippen molar-refractivity contribution in [1.82, 2.24) is 0 Å². The maximum Gasteiger partial charge on any atom is -0.0103 e. The SMILES string of the molecule is CC1=CC[C@H]2[C@@H]1[C@@H]1C[C@@H]2C=C1C. The van der Waals surface area contributed by atoms with Crippen LogP contribution in [0.25, 0.3) is 0 Å². The van der Waals surface area contributed by atoms with Crippen LogP contribution in [0.4, 0.5) is 0 Å². The fourth-order valence-corrected chi connectivity index (χ4v) is 3.74. The van der Waals surface area contributed by atoms with E-state index in [0.29, 0.717) is 0 Å². The Bertz CT molecular complexity index is 282. The number of allylic oxidation sites excluding steroid dienone is 4. The lowest BCUT2D eigenvalue weighted by atomic mass is 9.79. The van der Waals surface area contributed by atoms with Gasteiger partial charge in [-0.2, -0.15) is 0 Å². The molecule has 0 saturated heterocycles. The Morgan fingerprint density at radius 2 is 2.08 bits per heavy atom. The van der Waals surface area contributed by atoms with E-state index in [1.54, 1.807) is 11.1 Å². The summed E-state index contributed by atoms with van der Waals surface area (Å²) in [5.74, 6) is 3.81. The second kappa shape index (κ2) is 2.04. The third-order valence-electron chi connectivity index (χ3n) is 4.27. The summed E-state index contributed by atoms with van der Waals surface area (Å²) in [6.07, 6.45) is 7.84. The molecule has 1 fully saturated rings. The molecule has 0 radical (unpaired) electrons. The molecule has 0 amide bonds. The van der Waals surface area contributed by atoms with Crippen molar-refractivity contribution in [3.63, 3.8) is 0 Å². The first-order valence-electron chi connectivity index (χ1n) is 5.12. The molecule has 2 bridgehead atoms. The van der Waals surface area contributed by atoms with Crippen molar-refractivity contribution in [2.45, 2.75) is 26.7 Å². The highest BCUT2D eigenvalue weighted by molar-refractivity contribution is 5.31. The van der Waals surface area contributed by atoms with Gasteiger partial charge < -0.3 is 0 Å². The molecular formula is C12H16. The second-order valence-electron chi connectivity index (χ2n) is 4.79. The highest BCUT2D eigenvalue weighted by atomic mass is 14.5. The molecule has 3 rings (SSSR count). The molecule has 0 aromatic heterocycles. The molecule has 0 aliphatic heterocycles. The quantitative estimate of drug-likeness (QED) is 0.477. The van der Waals surface area contributed by atoms with E-state index in [4.69, 9.17) is 0 Å². The molecule has 0 heteroatoms. The predicted molar refractivity (Wildman–Crippen MR) is 50.7 cm³/mol. The average Bonchev–Trinajstić information content (AvgIpc) is 2.62. The minimum Gasteiger partial charge on any atom is -0.0850 e. The molecule has 0 heterocycles. The highest BCUT2D eigenvalue weighted by Gasteiger charge is 2.48. The van der Waals surface area contributed by atoms with E-state index in [9.17, 15) is 0 Å². The van der Waals surface area contributed by atoms with Gasteiger partial charge in [0.05, 0.1) is 0 Å². The van der Waals surface area contributed by atoms with E-state index in [1.807, 2.05) is 0 Å². The summed E-state index contributed by atoms with van der Waals surface area (Å²) in [7, 11) is 0. The smallest absolute Gasteiger partial charge is 0.0103 e. The van der Waals surface area contributed by atoms with Crippen LogP contribution in [0.5, 0.6) is 0 Å². The molecule has 4 atom stereocenters. The van der Waals surface area contributed by atoms with E-state index in [0.717, 1.165) is 23.7 Å². The van der Waals surface area contributed by atoms with Crippen LogP contribution < -0.4 is 0 Å². The summed E-state index contributed by atoms with van der Waals surface area (Å²) in [5.41, 5.74) is 3.36. The number of hydrogen-bond donors (Lipinski definition) is 0. The van der Waals surface area contributed by atoms with Gasteiger partial charge in [0.2, 0.25) is 0 Å². The van der Waals surface area contributed by atoms with Gasteiger partial charge in [0.1, 0.15) is 0 Å². The second-order valence-corrected chi connectivity index (χ2v) is 4.79. The molecule has 0 N–H and O–H groups in total. The van der Waals surface area contributed by atoms with Crippen molar-refractivity contribution in [2.75, 3.05) is 0 Å². The molecule has 1 saturated carbocycles. The molecule has 64 valence electrons. The standard InChI is InChI=1S/C12H16/c1-7-3-4-10-9-5-8(2)11(6-9)12(7)10/h3,5,9-12H,4,6H2,1-2H3/t9-,10+,11+,12+/m0/s1. The number of fused-ring (bicyclic) bond motifs is 5. The largest absolute Gasteiger partial charge is 0.0850 e. The van der Waals surface area contributed by atoms with Crippen LogP contribution in [0.3, 0.4) is 0 Å². The van der Waals surface area contributed by atoms with Crippen LogP contribution in [0.15, 0.2) is 23.3 Å². The third kappa shape index (κ3) is 0.646. The predicted octanol–water partition coefficient (Wildman–Crippen LogP) is 3.16. The lowest BCUT2D eigenvalue weighted by Crippen LogP contribution is -2.17. The van der Waals surface area contributed by atoms with Crippen LogP contribution in [-0.2, 0) is 0 Å². The van der Waals surface area contributed by atoms with Crippen molar-refractivity contribution in [3.8, 4) is 0 Å². The van der Waals surface area contributed by atoms with Gasteiger partial charge in [-0.25, -0.2) is 0 Å². The lowest BCUT2D eigenvalue weighted by Gasteiger charge is -2.25. The van der Waals surface area contributed by atoms with Gasteiger partial charge in [-0.3, -0.25) is 0 Å². The van der Waals surface area contributed by atoms with E-state index in [1.165, 1.54) is 12.8 Å². The normalized spacial score (nSPS) is 49.2. The summed E-state index contributed by atoms with van der Waals surface area (Å²) in [6, 6.07) is 0. The maximum absolute atomic E-state index is 2.54. The summed E-state index contributed by atoms with van der Waals surface area (Å²) in [5, 5.41) is 0. The van der Waals surface area contributed by atoms with E-state index < -0.39 is 0 Å². The fourth-order valence-electron chi connectivity index (χ4n) is 3.74. The van der Waals surface area contributed by atoms with E-state index >= 15 is 0 Å². The van der Waals surface area contributed by atoms with E-state index in [-0.39, 0.29) is 0 Å². The van der Waals surface area contributed by atoms with Crippen molar-refractivity contribution in [1.29, 1.82) is 0 Å². The van der Waals surface area contributed by atoms with Gasteiger partial charge in [-0.1, -0.05) is 23.3 Å². The molecule has 0 unspecified atom stereocenters. The highest BCUT2D eigenvalue weighted by Crippen LogP contribution is 2.57. The molecule has 0 spiro atoms. The van der Waals surface area contributed by atoms with Gasteiger partial charge >= 0.3 is 0 Å². The molecule has 3 aliphatic carbocycles. The average molecular weight is 160 g/mol. The topological polar surface area (TPSA) is 0 Å². The minimum atomic E-state index is 0.929. The third-order valence-corrected chi connectivity index (χ3v) is 4.27. The molecule has 0 aromatic carbocycles. The van der Waals surface area contributed by atoms with Gasteiger partial charge in [0, 0.05) is 0 Å². The Balaban J connectivity index is 2.03. The first kappa shape index (κ1) is 6.94. The maximum atomic E-state index is 2.54. The zero-order valence-electron chi connectivity index (χ0n) is 7.88. The minimum absolute atomic E-state index is 0.929. The van der Waals surface area contributed by atoms with Crippen LogP contribution in [0.1, 0.15) is 26.7 Å². The first-order chi connectivity index (χ1) is 5.77. The molecule has 3 aliphatic rings. The summed E-state index contributed by atoms with van der Waals surface area (Å²) >= 11 is 0. The van der Waals surface area contributed by atoms with Crippen molar-refractivity contribution < 1.29 is 0 Å². The molecule has 0 aromatic rings. The number of hydrogen-bond acceptors (Lipinski definition) is 0. The van der Waals surface area contributed by atoms with Crippen LogP contribution >= 0.6 is 0 Å². The van der Waals surface area contributed by atoms with Crippen LogP contribution in [-0.4, -0.2) is 0 Å².